The summed E-state index contributed by atoms with van der Waals surface area (Å²) in [4.78, 5) is 12.5. The van der Waals surface area contributed by atoms with Crippen molar-refractivity contribution in [3.63, 3.8) is 0 Å². The normalized spacial score (nSPS) is 11.6. The average Bonchev–Trinajstić information content (AvgIpc) is 3.17. The lowest BCUT2D eigenvalue weighted by atomic mass is 10.1. The van der Waals surface area contributed by atoms with E-state index < -0.39 is 5.91 Å². The molecular weight excluding hydrogens is 383 g/mol. The molecule has 3 N–H and O–H groups in total. The number of carbonyl (C=O) groups excluding carboxylic acids is 1. The molecule has 0 bridgehead atoms. The van der Waals surface area contributed by atoms with Gasteiger partial charge in [-0.05, 0) is 36.3 Å². The molecule has 134 valence electrons. The number of benzene rings is 1. The summed E-state index contributed by atoms with van der Waals surface area (Å²) in [5.74, 6) is -0.548. The number of nitrogens with one attached hydrogen (secondary N) is 1. The Morgan fingerprint density at radius 3 is 2.77 bits per heavy atom. The Kier molecular flexibility index (Phi) is 4.87. The van der Waals surface area contributed by atoms with Crippen LogP contribution in [0.1, 0.15) is 28.7 Å². The number of aromatic nitrogens is 5. The lowest BCUT2D eigenvalue weighted by Gasteiger charge is -2.06. The first-order valence-electron chi connectivity index (χ1n) is 7.19. The molecule has 26 heavy (non-hydrogen) atoms. The van der Waals surface area contributed by atoms with E-state index in [-0.39, 0.29) is 17.3 Å². The first kappa shape index (κ1) is 17.8. The quantitative estimate of drug-likeness (QED) is 0.509. The molecule has 0 aliphatic rings. The van der Waals surface area contributed by atoms with Gasteiger partial charge in [0.1, 0.15) is 0 Å². The van der Waals surface area contributed by atoms with Gasteiger partial charge in [0.05, 0.1) is 16.4 Å². The smallest absolute Gasteiger partial charge is 0.292 e. The van der Waals surface area contributed by atoms with Gasteiger partial charge < -0.3 is 5.73 Å². The van der Waals surface area contributed by atoms with Gasteiger partial charge in [0, 0.05) is 10.6 Å². The zero-order chi connectivity index (χ0) is 18.8. The average molecular weight is 395 g/mol. The van der Waals surface area contributed by atoms with E-state index in [2.05, 4.69) is 35.8 Å². The van der Waals surface area contributed by atoms with E-state index in [1.54, 1.807) is 32.0 Å². The van der Waals surface area contributed by atoms with Crippen LogP contribution in [-0.2, 0) is 0 Å². The molecule has 0 saturated carbocycles. The molecule has 0 unspecified atom stereocenters. The second-order valence-electron chi connectivity index (χ2n) is 5.17. The van der Waals surface area contributed by atoms with Crippen LogP contribution in [0.2, 0.25) is 10.0 Å². The number of aryl methyl sites for hydroxylation is 1. The molecule has 1 amide bonds. The van der Waals surface area contributed by atoms with Crippen LogP contribution in [0.3, 0.4) is 0 Å². The summed E-state index contributed by atoms with van der Waals surface area (Å²) >= 11 is 12.0. The molecular formula is C14H12Cl2N8O2. The number of nitrogens with two attached hydrogens (primary N) is 1. The molecule has 3 aromatic rings. The highest BCUT2D eigenvalue weighted by Gasteiger charge is 2.23. The van der Waals surface area contributed by atoms with Gasteiger partial charge in [0.25, 0.3) is 5.91 Å². The number of nitrogen functional groups attached to an aromatic ring is 1. The van der Waals surface area contributed by atoms with Gasteiger partial charge in [-0.25, -0.2) is 10.1 Å². The lowest BCUT2D eigenvalue weighted by molar-refractivity contribution is 0.0946. The van der Waals surface area contributed by atoms with E-state index in [0.29, 0.717) is 27.0 Å². The monoisotopic (exact) mass is 394 g/mol. The van der Waals surface area contributed by atoms with Crippen LogP contribution in [0.15, 0.2) is 27.9 Å². The van der Waals surface area contributed by atoms with Gasteiger partial charge >= 0.3 is 0 Å². The zero-order valence-corrected chi connectivity index (χ0v) is 15.1. The molecule has 0 spiro atoms. The molecule has 0 atom stereocenters. The number of hydrogen-bond donors (Lipinski definition) is 2. The summed E-state index contributed by atoms with van der Waals surface area (Å²) < 4.78 is 5.65. The second-order valence-corrected chi connectivity index (χ2v) is 6.01. The number of nitrogens with zero attached hydrogens (tertiary/aromatic N) is 6. The third-order valence-corrected chi connectivity index (χ3v) is 3.94. The Bertz CT molecular complexity index is 1010. The third kappa shape index (κ3) is 3.37. The number of hydrazone groups is 1. The van der Waals surface area contributed by atoms with E-state index in [4.69, 9.17) is 28.9 Å². The van der Waals surface area contributed by atoms with Gasteiger partial charge in [-0.2, -0.15) is 9.78 Å². The van der Waals surface area contributed by atoms with E-state index >= 15 is 0 Å². The molecule has 0 aliphatic carbocycles. The third-order valence-electron chi connectivity index (χ3n) is 3.40. The van der Waals surface area contributed by atoms with Crippen molar-refractivity contribution in [2.45, 2.75) is 13.8 Å². The SMILES string of the molecule is C/C(=N\NC(=O)c1c(C)nnn1-c1nonc1N)c1ccc(Cl)cc1Cl. The summed E-state index contributed by atoms with van der Waals surface area (Å²) in [5.41, 5.74) is 9.62. The fraction of sp³-hybridized carbons (Fsp3) is 0.143. The number of hydrogen-bond acceptors (Lipinski definition) is 8. The van der Waals surface area contributed by atoms with Crippen molar-refractivity contribution >= 4 is 40.6 Å². The highest BCUT2D eigenvalue weighted by molar-refractivity contribution is 6.37. The Morgan fingerprint density at radius 2 is 2.12 bits per heavy atom. The predicted octanol–water partition coefficient (Wildman–Crippen LogP) is 2.00. The van der Waals surface area contributed by atoms with Crippen molar-refractivity contribution in [1.82, 2.24) is 30.7 Å². The van der Waals surface area contributed by atoms with E-state index in [1.807, 2.05) is 0 Å². The number of anilines is 1. The van der Waals surface area contributed by atoms with Crippen LogP contribution in [0.4, 0.5) is 5.82 Å². The van der Waals surface area contributed by atoms with Crippen molar-refractivity contribution in [3.8, 4) is 5.82 Å². The molecule has 1 aromatic carbocycles. The minimum absolute atomic E-state index is 0.0309. The highest BCUT2D eigenvalue weighted by Crippen LogP contribution is 2.21. The fourth-order valence-corrected chi connectivity index (χ4v) is 2.68. The van der Waals surface area contributed by atoms with E-state index in [1.165, 1.54) is 0 Å². The molecule has 0 radical (unpaired) electrons. The van der Waals surface area contributed by atoms with Crippen LogP contribution >= 0.6 is 23.2 Å². The molecule has 2 heterocycles. The van der Waals surface area contributed by atoms with Crippen LogP contribution in [0.5, 0.6) is 0 Å². The first-order chi connectivity index (χ1) is 12.4. The largest absolute Gasteiger partial charge is 0.378 e. The van der Waals surface area contributed by atoms with Crippen LogP contribution < -0.4 is 11.2 Å². The van der Waals surface area contributed by atoms with Crippen LogP contribution in [0, 0.1) is 6.92 Å². The topological polar surface area (TPSA) is 137 Å². The van der Waals surface area contributed by atoms with Crippen molar-refractivity contribution in [3.05, 3.63) is 45.2 Å². The number of amides is 1. The standard InChI is InChI=1S/C14H12Cl2N8O2/c1-6(9-4-3-8(15)5-10(9)16)18-20-14(25)11-7(2)19-23-24(11)13-12(17)21-26-22-13/h3-5H,1-2H3,(H2,17,21)(H,20,25)/b18-6+. The summed E-state index contributed by atoms with van der Waals surface area (Å²) in [5, 5.41) is 19.7. The summed E-state index contributed by atoms with van der Waals surface area (Å²) in [6.07, 6.45) is 0. The fourth-order valence-electron chi connectivity index (χ4n) is 2.13. The minimum atomic E-state index is -0.570. The Balaban J connectivity index is 1.87. The van der Waals surface area contributed by atoms with E-state index in [0.717, 1.165) is 4.68 Å². The maximum atomic E-state index is 12.5. The Labute approximate surface area is 156 Å². The Hall–Kier alpha value is -2.98. The van der Waals surface area contributed by atoms with Gasteiger partial charge in [-0.15, -0.1) is 5.10 Å². The van der Waals surface area contributed by atoms with Crippen molar-refractivity contribution in [1.29, 1.82) is 0 Å². The first-order valence-corrected chi connectivity index (χ1v) is 7.95. The Morgan fingerprint density at radius 1 is 1.35 bits per heavy atom. The highest BCUT2D eigenvalue weighted by atomic mass is 35.5. The second kappa shape index (κ2) is 7.10. The molecule has 10 nitrogen and oxygen atoms in total. The zero-order valence-electron chi connectivity index (χ0n) is 13.6. The lowest BCUT2D eigenvalue weighted by Crippen LogP contribution is -2.24. The molecule has 0 aliphatic heterocycles. The van der Waals surface area contributed by atoms with Gasteiger partial charge in [-0.1, -0.05) is 34.5 Å². The molecule has 0 saturated heterocycles. The molecule has 0 fully saturated rings. The van der Waals surface area contributed by atoms with Gasteiger partial charge in [0.2, 0.25) is 11.6 Å². The predicted molar refractivity (Wildman–Crippen MR) is 94.5 cm³/mol. The van der Waals surface area contributed by atoms with Crippen molar-refractivity contribution in [2.24, 2.45) is 5.10 Å². The maximum absolute atomic E-state index is 12.5. The minimum Gasteiger partial charge on any atom is -0.378 e. The van der Waals surface area contributed by atoms with Gasteiger partial charge in [0.15, 0.2) is 5.69 Å². The van der Waals surface area contributed by atoms with Crippen molar-refractivity contribution in [2.75, 3.05) is 5.73 Å². The summed E-state index contributed by atoms with van der Waals surface area (Å²) in [7, 11) is 0. The molecule has 3 rings (SSSR count). The number of carbonyl (C=O) groups is 1. The number of halogens is 2. The maximum Gasteiger partial charge on any atom is 0.292 e. The summed E-state index contributed by atoms with van der Waals surface area (Å²) in [6, 6.07) is 4.96. The van der Waals surface area contributed by atoms with E-state index in [9.17, 15) is 4.79 Å². The molecule has 2 aromatic heterocycles. The van der Waals surface area contributed by atoms with Gasteiger partial charge in [-0.3, -0.25) is 4.79 Å². The summed E-state index contributed by atoms with van der Waals surface area (Å²) in [6.45, 7) is 3.30. The molecule has 12 heteroatoms. The number of rotatable bonds is 4. The van der Waals surface area contributed by atoms with Crippen LogP contribution in [0.25, 0.3) is 5.82 Å². The van der Waals surface area contributed by atoms with Crippen molar-refractivity contribution < 1.29 is 9.42 Å². The van der Waals surface area contributed by atoms with Crippen LogP contribution in [-0.4, -0.2) is 36.9 Å².